The number of hydrogen-bond donors (Lipinski definition) is 4. The Morgan fingerprint density at radius 3 is 0.538 bits per heavy atom. The molecule has 0 spiro atoms. The molecule has 0 fully saturated rings. The van der Waals surface area contributed by atoms with Gasteiger partial charge in [-0.15, -0.1) is 0 Å². The second-order valence-corrected chi connectivity index (χ2v) is 1.57. The second kappa shape index (κ2) is 43.0. The van der Waals surface area contributed by atoms with Gasteiger partial charge in [-0.1, -0.05) is 0 Å². The minimum atomic E-state index is -1.75. The molecule has 0 unspecified atom stereocenters. The van der Waals surface area contributed by atoms with E-state index in [0.29, 0.717) is 0 Å². The van der Waals surface area contributed by atoms with Gasteiger partial charge in [-0.05, 0) is 0 Å². The summed E-state index contributed by atoms with van der Waals surface area (Å²) in [5.41, 5.74) is 8.94. The molecule has 0 aliphatic heterocycles. The van der Waals surface area contributed by atoms with Crippen LogP contribution in [0.25, 0.3) is 0 Å². The van der Waals surface area contributed by atoms with E-state index < -0.39 is 25.4 Å². The molecule has 26 heavy (non-hydrogen) atoms. The van der Waals surface area contributed by atoms with E-state index in [9.17, 15) is 0 Å². The van der Waals surface area contributed by atoms with E-state index >= 15 is 0 Å². The standard InChI is InChI=1S/CH5N3.Ce.5NO3.H3N/c2-1(3)4;;5*2-1(3)4;/h(H5,2,3,4);;;;;;;1H3/q;+4;5*-1;/p+1. The summed E-state index contributed by atoms with van der Waals surface area (Å²) in [6.07, 6.45) is 0. The molecule has 25 heteroatoms. The van der Waals surface area contributed by atoms with Crippen LogP contribution in [-0.4, -0.2) is 31.4 Å². The largest absolute Gasteiger partial charge is 4.00 e. The first-order valence-electron chi connectivity index (χ1n) is 3.57. The molecule has 0 rings (SSSR count). The molecule has 0 bridgehead atoms. The summed E-state index contributed by atoms with van der Waals surface area (Å²) in [7, 11) is 0. The van der Waals surface area contributed by atoms with Crippen molar-refractivity contribution in [3.8, 4) is 0 Å². The van der Waals surface area contributed by atoms with Gasteiger partial charge in [0.1, 0.15) is 0 Å². The van der Waals surface area contributed by atoms with Gasteiger partial charge in [0.25, 0.3) is 0 Å². The maximum absolute atomic E-state index is 8.25. The molecule has 0 saturated carbocycles. The Labute approximate surface area is 172 Å². The molecule has 24 nitrogen and oxygen atoms in total. The van der Waals surface area contributed by atoms with Crippen molar-refractivity contribution >= 4 is 5.96 Å². The predicted octanol–water partition coefficient (Wildman–Crippen LogP) is -1.98. The van der Waals surface area contributed by atoms with Gasteiger partial charge in [0, 0.05) is 0 Å². The van der Waals surface area contributed by atoms with E-state index in [4.69, 9.17) is 82.0 Å². The van der Waals surface area contributed by atoms with Crippen LogP contribution in [0.15, 0.2) is 0 Å². The Bertz CT molecular complexity index is 266. The first kappa shape index (κ1) is 49.5. The Balaban J connectivity index is -0.0000000245. The van der Waals surface area contributed by atoms with Crippen molar-refractivity contribution in [2.24, 2.45) is 11.5 Å². The zero-order chi connectivity index (χ0) is 21.5. The number of rotatable bonds is 0. The Morgan fingerprint density at radius 2 is 0.538 bits per heavy atom. The summed E-state index contributed by atoms with van der Waals surface area (Å²) in [6, 6.07) is 0. The molecule has 0 radical (unpaired) electrons. The fourth-order valence-corrected chi connectivity index (χ4v) is 0. The summed E-state index contributed by atoms with van der Waals surface area (Å²) in [5.74, 6) is -0.333. The molecule has 9 N–H and O–H groups in total. The van der Waals surface area contributed by atoms with E-state index in [0.717, 1.165) is 0 Å². The zero-order valence-electron chi connectivity index (χ0n) is 12.0. The molecular formula is CH9CeN9O15. The van der Waals surface area contributed by atoms with Crippen molar-refractivity contribution in [1.29, 1.82) is 5.41 Å². The monoisotopic (exact) mass is 527 g/mol. The first-order valence-corrected chi connectivity index (χ1v) is 3.57. The van der Waals surface area contributed by atoms with Crippen LogP contribution in [0.5, 0.6) is 0 Å². The Morgan fingerprint density at radius 1 is 0.538 bits per heavy atom. The molecule has 0 aliphatic rings. The van der Waals surface area contributed by atoms with Crippen molar-refractivity contribution in [3.05, 3.63) is 76.6 Å². The van der Waals surface area contributed by atoms with Gasteiger partial charge in [-0.2, -0.15) is 0 Å². The van der Waals surface area contributed by atoms with E-state index in [-0.39, 0.29) is 53.9 Å². The summed E-state index contributed by atoms with van der Waals surface area (Å²) >= 11 is 0. The van der Waals surface area contributed by atoms with Crippen molar-refractivity contribution in [2.45, 2.75) is 0 Å². The van der Waals surface area contributed by atoms with Crippen LogP contribution in [0.4, 0.5) is 0 Å². The molecule has 0 aromatic carbocycles. The van der Waals surface area contributed by atoms with Gasteiger partial charge in [-0.3, -0.25) is 5.41 Å². The van der Waals surface area contributed by atoms with Crippen molar-refractivity contribution < 1.29 is 67.2 Å². The van der Waals surface area contributed by atoms with Crippen LogP contribution in [0.3, 0.4) is 0 Å². The van der Waals surface area contributed by atoms with Crippen LogP contribution in [0.2, 0.25) is 0 Å². The number of hydrogen-bond acceptors (Lipinski definition) is 16. The fourth-order valence-electron chi connectivity index (χ4n) is 0. The van der Waals surface area contributed by atoms with E-state index in [1.165, 1.54) is 0 Å². The molecule has 0 saturated heterocycles. The number of nitrogens with one attached hydrogen (secondary N) is 1. The second-order valence-electron chi connectivity index (χ2n) is 1.57. The number of nitrogens with two attached hydrogens (primary N) is 2. The molecular weight excluding hydrogens is 518 g/mol. The van der Waals surface area contributed by atoms with Crippen molar-refractivity contribution in [2.75, 3.05) is 0 Å². The fraction of sp³-hybridized carbons (Fsp3) is 0. The van der Waals surface area contributed by atoms with Crippen LogP contribution in [0.1, 0.15) is 0 Å². The van der Waals surface area contributed by atoms with Gasteiger partial charge >= 0.3 is 41.7 Å². The van der Waals surface area contributed by atoms with Crippen LogP contribution in [0, 0.1) is 124 Å². The van der Waals surface area contributed by atoms with Crippen LogP contribution >= 0.6 is 0 Å². The number of quaternary nitrogens is 1. The minimum Gasteiger partial charge on any atom is -0.370 e. The van der Waals surface area contributed by atoms with Gasteiger partial charge in [-0.25, -0.2) is 0 Å². The van der Waals surface area contributed by atoms with E-state index in [1.807, 2.05) is 0 Å². The molecule has 0 atom stereocenters. The SMILES string of the molecule is N=C(N)N.O=[N+]([O-])[O-].O=[N+]([O-])[O-].O=[N+]([O-])[O-].O=[N+]([O-])[O-].O=[N+]([O-])[O-].[Ce+4].[NH4+]. The summed E-state index contributed by atoms with van der Waals surface area (Å²) in [6.45, 7) is 0. The predicted molar refractivity (Wildman–Crippen MR) is 73.9 cm³/mol. The maximum Gasteiger partial charge on any atom is 4.00 e. The summed E-state index contributed by atoms with van der Waals surface area (Å²) in [4.78, 5) is 41.2. The summed E-state index contributed by atoms with van der Waals surface area (Å²) in [5, 5.41) is 79.8. The molecule has 0 heterocycles. The van der Waals surface area contributed by atoms with Crippen LogP contribution < -0.4 is 17.6 Å². The van der Waals surface area contributed by atoms with Gasteiger partial charge < -0.3 is 94.2 Å². The number of nitrogens with zero attached hydrogens (tertiary/aromatic N) is 5. The Hall–Kier alpha value is -3.39. The normalized spacial score (nSPS) is 5.54. The van der Waals surface area contributed by atoms with Gasteiger partial charge in [0.2, 0.25) is 0 Å². The molecule has 0 aliphatic carbocycles. The third-order valence-corrected chi connectivity index (χ3v) is 0. The van der Waals surface area contributed by atoms with E-state index in [1.54, 1.807) is 0 Å². The molecule has 0 amide bonds. The molecule has 152 valence electrons. The maximum atomic E-state index is 8.25. The van der Waals surface area contributed by atoms with Gasteiger partial charge in [0.05, 0.1) is 25.4 Å². The summed E-state index contributed by atoms with van der Waals surface area (Å²) < 4.78 is 0. The topological polar surface area (TPSA) is 443 Å². The smallest absolute Gasteiger partial charge is 0.370 e. The van der Waals surface area contributed by atoms with Gasteiger partial charge in [0.15, 0.2) is 5.96 Å². The quantitative estimate of drug-likeness (QED) is 0.115. The average Bonchev–Trinajstić information content (AvgIpc) is 2.08. The van der Waals surface area contributed by atoms with E-state index in [2.05, 4.69) is 11.5 Å². The molecule has 0 aromatic rings. The molecule has 0 aromatic heterocycles. The van der Waals surface area contributed by atoms with Crippen molar-refractivity contribution in [3.63, 3.8) is 0 Å². The third-order valence-electron chi connectivity index (χ3n) is 0. The van der Waals surface area contributed by atoms with Crippen LogP contribution in [-0.2, 0) is 0 Å². The van der Waals surface area contributed by atoms with Crippen molar-refractivity contribution in [1.82, 2.24) is 6.15 Å². The first-order chi connectivity index (χ1) is 10.4. The minimum absolute atomic E-state index is 0. The third kappa shape index (κ3) is 688. The Kier molecular flexibility index (Phi) is 81.8. The number of guanidine groups is 1. The zero-order valence-corrected chi connectivity index (χ0v) is 15.2. The average molecular weight is 527 g/mol.